The van der Waals surface area contributed by atoms with Crippen molar-refractivity contribution in [2.45, 2.75) is 19.1 Å². The Hall–Kier alpha value is -1.89. The van der Waals surface area contributed by atoms with Gasteiger partial charge in [0.1, 0.15) is 0 Å². The molecule has 0 amide bonds. The van der Waals surface area contributed by atoms with Gasteiger partial charge in [0.2, 0.25) is 0 Å². The Morgan fingerprint density at radius 2 is 2.05 bits per heavy atom. The third kappa shape index (κ3) is 2.98. The fourth-order valence-electron chi connectivity index (χ4n) is 1.98. The van der Waals surface area contributed by atoms with Crippen LogP contribution in [0, 0.1) is 0 Å². The number of nitrogens with one attached hydrogen (secondary N) is 1. The Bertz CT molecular complexity index is 560. The Morgan fingerprint density at radius 1 is 1.30 bits per heavy atom. The molecular weight excluding hydrogens is 269 g/mol. The van der Waals surface area contributed by atoms with Crippen molar-refractivity contribution >= 4 is 0 Å². The lowest BCUT2D eigenvalue weighted by Crippen LogP contribution is -2.25. The molecule has 0 aromatic carbocycles. The largest absolute Gasteiger partial charge is 0.417 e. The number of hydrogen-bond donors (Lipinski definition) is 1. The van der Waals surface area contributed by atoms with Gasteiger partial charge in [-0.1, -0.05) is 6.92 Å². The lowest BCUT2D eigenvalue weighted by molar-refractivity contribution is -0.137. The van der Waals surface area contributed by atoms with E-state index in [0.29, 0.717) is 12.2 Å². The van der Waals surface area contributed by atoms with Gasteiger partial charge in [-0.25, -0.2) is 0 Å². The van der Waals surface area contributed by atoms with Crippen LogP contribution in [0.2, 0.25) is 0 Å². The van der Waals surface area contributed by atoms with Gasteiger partial charge in [-0.05, 0) is 24.7 Å². The SMILES string of the molecule is CCNC(c1ccc(C(F)(F)F)cn1)c1ccnn1C. The minimum atomic E-state index is -4.37. The molecule has 1 N–H and O–H groups in total. The van der Waals surface area contributed by atoms with Gasteiger partial charge in [-0.3, -0.25) is 9.67 Å². The first kappa shape index (κ1) is 14.5. The van der Waals surface area contributed by atoms with Crippen LogP contribution >= 0.6 is 0 Å². The van der Waals surface area contributed by atoms with E-state index in [9.17, 15) is 13.2 Å². The lowest BCUT2D eigenvalue weighted by atomic mass is 10.1. The molecule has 0 fully saturated rings. The van der Waals surface area contributed by atoms with Gasteiger partial charge >= 0.3 is 6.18 Å². The average molecular weight is 284 g/mol. The molecule has 0 aliphatic heterocycles. The topological polar surface area (TPSA) is 42.7 Å². The summed E-state index contributed by atoms with van der Waals surface area (Å²) in [7, 11) is 1.78. The molecule has 2 rings (SSSR count). The van der Waals surface area contributed by atoms with Gasteiger partial charge in [0.15, 0.2) is 0 Å². The first-order valence-electron chi connectivity index (χ1n) is 6.18. The zero-order valence-corrected chi connectivity index (χ0v) is 11.1. The summed E-state index contributed by atoms with van der Waals surface area (Å²) in [4.78, 5) is 3.94. The molecule has 0 bridgehead atoms. The second-order valence-electron chi connectivity index (χ2n) is 4.34. The first-order chi connectivity index (χ1) is 9.43. The summed E-state index contributed by atoms with van der Waals surface area (Å²) >= 11 is 0. The molecule has 0 aliphatic rings. The van der Waals surface area contributed by atoms with Crippen molar-refractivity contribution in [2.24, 2.45) is 7.05 Å². The number of aromatic nitrogens is 3. The molecule has 108 valence electrons. The highest BCUT2D eigenvalue weighted by Crippen LogP contribution is 2.29. The van der Waals surface area contributed by atoms with Crippen LogP contribution in [-0.4, -0.2) is 21.3 Å². The number of nitrogens with zero attached hydrogens (tertiary/aromatic N) is 3. The van der Waals surface area contributed by atoms with Crippen LogP contribution in [0.25, 0.3) is 0 Å². The summed E-state index contributed by atoms with van der Waals surface area (Å²) < 4.78 is 39.3. The molecule has 0 aliphatic carbocycles. The zero-order valence-electron chi connectivity index (χ0n) is 11.1. The monoisotopic (exact) mass is 284 g/mol. The summed E-state index contributed by atoms with van der Waals surface area (Å²) in [6.45, 7) is 2.59. The average Bonchev–Trinajstić information content (AvgIpc) is 2.81. The van der Waals surface area contributed by atoms with Crippen LogP contribution < -0.4 is 5.32 Å². The molecule has 2 aromatic heterocycles. The Labute approximate surface area is 114 Å². The predicted octanol–water partition coefficient (Wildman–Crippen LogP) is 2.53. The predicted molar refractivity (Wildman–Crippen MR) is 68.0 cm³/mol. The van der Waals surface area contributed by atoms with Crippen LogP contribution in [0.15, 0.2) is 30.6 Å². The van der Waals surface area contributed by atoms with Crippen molar-refractivity contribution in [3.05, 3.63) is 47.5 Å². The molecule has 0 spiro atoms. The fraction of sp³-hybridized carbons (Fsp3) is 0.385. The first-order valence-corrected chi connectivity index (χ1v) is 6.18. The second kappa shape index (κ2) is 5.62. The van der Waals surface area contributed by atoms with Crippen LogP contribution in [0.3, 0.4) is 0 Å². The standard InChI is InChI=1S/C13H15F3N4/c1-3-17-12(11-6-7-19-20(11)2)10-5-4-9(8-18-10)13(14,15)16/h4-8,12,17H,3H2,1-2H3. The van der Waals surface area contributed by atoms with Gasteiger partial charge in [-0.2, -0.15) is 18.3 Å². The summed E-state index contributed by atoms with van der Waals surface area (Å²) in [5.41, 5.74) is 0.629. The molecule has 7 heteroatoms. The van der Waals surface area contributed by atoms with Crippen LogP contribution in [0.5, 0.6) is 0 Å². The Morgan fingerprint density at radius 3 is 2.50 bits per heavy atom. The third-order valence-electron chi connectivity index (χ3n) is 2.97. The molecule has 0 radical (unpaired) electrons. The minimum Gasteiger partial charge on any atom is -0.304 e. The maximum atomic E-state index is 12.5. The molecule has 2 aromatic rings. The van der Waals surface area contributed by atoms with Crippen molar-refractivity contribution in [1.29, 1.82) is 0 Å². The van der Waals surface area contributed by atoms with E-state index < -0.39 is 11.7 Å². The van der Waals surface area contributed by atoms with E-state index in [1.807, 2.05) is 13.0 Å². The van der Waals surface area contributed by atoms with E-state index in [-0.39, 0.29) is 6.04 Å². The molecule has 2 heterocycles. The van der Waals surface area contributed by atoms with Crippen molar-refractivity contribution in [2.75, 3.05) is 6.54 Å². The Balaban J connectivity index is 2.33. The summed E-state index contributed by atoms with van der Waals surface area (Å²) in [5, 5.41) is 7.27. The quantitative estimate of drug-likeness (QED) is 0.938. The van der Waals surface area contributed by atoms with E-state index in [0.717, 1.165) is 18.0 Å². The molecule has 0 saturated carbocycles. The fourth-order valence-corrected chi connectivity index (χ4v) is 1.98. The van der Waals surface area contributed by atoms with Crippen molar-refractivity contribution in [3.8, 4) is 0 Å². The number of hydrogen-bond acceptors (Lipinski definition) is 3. The third-order valence-corrected chi connectivity index (χ3v) is 2.97. The molecule has 1 atom stereocenters. The molecule has 0 saturated heterocycles. The maximum Gasteiger partial charge on any atom is 0.417 e. The molecule has 20 heavy (non-hydrogen) atoms. The number of aryl methyl sites for hydroxylation is 1. The van der Waals surface area contributed by atoms with Crippen molar-refractivity contribution in [1.82, 2.24) is 20.1 Å². The summed E-state index contributed by atoms with van der Waals surface area (Å²) in [6.07, 6.45) is -1.87. The van der Waals surface area contributed by atoms with Crippen molar-refractivity contribution in [3.63, 3.8) is 0 Å². The highest BCUT2D eigenvalue weighted by atomic mass is 19.4. The Kier molecular flexibility index (Phi) is 4.08. The smallest absolute Gasteiger partial charge is 0.304 e. The van der Waals surface area contributed by atoms with Gasteiger partial charge in [0, 0.05) is 19.4 Å². The van der Waals surface area contributed by atoms with Crippen LogP contribution in [0.4, 0.5) is 13.2 Å². The van der Waals surface area contributed by atoms with Gasteiger partial charge in [0.05, 0.1) is 23.0 Å². The number of rotatable bonds is 4. The van der Waals surface area contributed by atoms with Gasteiger partial charge in [0.25, 0.3) is 0 Å². The minimum absolute atomic E-state index is 0.283. The maximum absolute atomic E-state index is 12.5. The van der Waals surface area contributed by atoms with E-state index in [1.54, 1.807) is 17.9 Å². The van der Waals surface area contributed by atoms with Gasteiger partial charge < -0.3 is 5.32 Å². The summed E-state index contributed by atoms with van der Waals surface area (Å²) in [6, 6.07) is 3.97. The highest BCUT2D eigenvalue weighted by molar-refractivity contribution is 5.25. The summed E-state index contributed by atoms with van der Waals surface area (Å²) in [5.74, 6) is 0. The highest BCUT2D eigenvalue weighted by Gasteiger charge is 2.31. The lowest BCUT2D eigenvalue weighted by Gasteiger charge is -2.18. The van der Waals surface area contributed by atoms with E-state index in [2.05, 4.69) is 15.4 Å². The normalized spacial score (nSPS) is 13.4. The van der Waals surface area contributed by atoms with Crippen LogP contribution in [0.1, 0.15) is 29.9 Å². The zero-order chi connectivity index (χ0) is 14.8. The van der Waals surface area contributed by atoms with E-state index >= 15 is 0 Å². The van der Waals surface area contributed by atoms with E-state index in [1.165, 1.54) is 6.07 Å². The molecule has 4 nitrogen and oxygen atoms in total. The van der Waals surface area contributed by atoms with Crippen LogP contribution in [-0.2, 0) is 13.2 Å². The number of alkyl halides is 3. The van der Waals surface area contributed by atoms with E-state index in [4.69, 9.17) is 0 Å². The van der Waals surface area contributed by atoms with Gasteiger partial charge in [-0.15, -0.1) is 0 Å². The molecular formula is C13H15F3N4. The number of halogens is 3. The number of pyridine rings is 1. The molecule has 1 unspecified atom stereocenters. The van der Waals surface area contributed by atoms with Crippen molar-refractivity contribution < 1.29 is 13.2 Å². The second-order valence-corrected chi connectivity index (χ2v) is 4.34.